The molecule has 2 heterocycles. The molecule has 1 aromatic heterocycles. The summed E-state index contributed by atoms with van der Waals surface area (Å²) in [7, 11) is 0. The first-order valence-corrected chi connectivity index (χ1v) is 7.90. The van der Waals surface area contributed by atoms with E-state index in [0.717, 1.165) is 23.8 Å². The number of benzene rings is 1. The monoisotopic (exact) mass is 322 g/mol. The number of amides is 1. The Hall–Kier alpha value is -1.79. The molecule has 5 nitrogen and oxygen atoms in total. The summed E-state index contributed by atoms with van der Waals surface area (Å²) in [6, 6.07) is 7.77. The SMILES string of the molecule is Nc1nc(C(=O)N2CCN(c3cccc(Cl)c3)CC2)cs1. The maximum atomic E-state index is 12.3. The number of hydrogen-bond acceptors (Lipinski definition) is 5. The van der Waals surface area contributed by atoms with Crippen molar-refractivity contribution in [2.75, 3.05) is 36.8 Å². The molecule has 0 unspecified atom stereocenters. The number of carbonyl (C=O) groups excluding carboxylic acids is 1. The van der Waals surface area contributed by atoms with Crippen molar-refractivity contribution in [3.63, 3.8) is 0 Å². The highest BCUT2D eigenvalue weighted by atomic mass is 35.5. The lowest BCUT2D eigenvalue weighted by atomic mass is 10.2. The molecule has 0 atom stereocenters. The Kier molecular flexibility index (Phi) is 3.98. The summed E-state index contributed by atoms with van der Waals surface area (Å²) in [6.07, 6.45) is 0. The normalized spacial score (nSPS) is 15.3. The van der Waals surface area contributed by atoms with Crippen LogP contribution in [0.5, 0.6) is 0 Å². The van der Waals surface area contributed by atoms with Gasteiger partial charge in [-0.15, -0.1) is 11.3 Å². The van der Waals surface area contributed by atoms with Crippen LogP contribution in [-0.4, -0.2) is 42.0 Å². The van der Waals surface area contributed by atoms with Gasteiger partial charge in [0, 0.05) is 42.3 Å². The van der Waals surface area contributed by atoms with Crippen LogP contribution in [0.25, 0.3) is 0 Å². The maximum Gasteiger partial charge on any atom is 0.273 e. The average Bonchev–Trinajstić information content (AvgIpc) is 2.93. The minimum atomic E-state index is -0.0475. The van der Waals surface area contributed by atoms with Gasteiger partial charge in [-0.05, 0) is 18.2 Å². The van der Waals surface area contributed by atoms with Crippen molar-refractivity contribution in [2.45, 2.75) is 0 Å². The van der Waals surface area contributed by atoms with Gasteiger partial charge in [-0.3, -0.25) is 4.79 Å². The topological polar surface area (TPSA) is 62.5 Å². The Morgan fingerprint density at radius 1 is 1.29 bits per heavy atom. The van der Waals surface area contributed by atoms with E-state index in [-0.39, 0.29) is 5.91 Å². The predicted octanol–water partition coefficient (Wildman–Crippen LogP) is 2.34. The molecule has 0 saturated carbocycles. The van der Waals surface area contributed by atoms with Crippen molar-refractivity contribution in [3.05, 3.63) is 40.4 Å². The molecule has 1 saturated heterocycles. The summed E-state index contributed by atoms with van der Waals surface area (Å²) in [5, 5.41) is 2.86. The van der Waals surface area contributed by atoms with Crippen molar-refractivity contribution in [1.29, 1.82) is 0 Å². The molecule has 1 amide bonds. The zero-order valence-corrected chi connectivity index (χ0v) is 12.9. The van der Waals surface area contributed by atoms with Crippen LogP contribution in [0.1, 0.15) is 10.5 Å². The van der Waals surface area contributed by atoms with Crippen LogP contribution in [0.15, 0.2) is 29.6 Å². The lowest BCUT2D eigenvalue weighted by molar-refractivity contribution is 0.0742. The van der Waals surface area contributed by atoms with Gasteiger partial charge in [0.1, 0.15) is 5.69 Å². The number of rotatable bonds is 2. The number of halogens is 1. The fourth-order valence-electron chi connectivity index (χ4n) is 2.39. The predicted molar refractivity (Wildman–Crippen MR) is 86.1 cm³/mol. The first-order valence-electron chi connectivity index (χ1n) is 6.64. The Bertz CT molecular complexity index is 652. The van der Waals surface area contributed by atoms with E-state index in [2.05, 4.69) is 9.88 Å². The first kappa shape index (κ1) is 14.2. The second-order valence-corrected chi connectivity index (χ2v) is 6.16. The van der Waals surface area contributed by atoms with E-state index in [1.807, 2.05) is 29.2 Å². The van der Waals surface area contributed by atoms with Crippen molar-refractivity contribution in [3.8, 4) is 0 Å². The summed E-state index contributed by atoms with van der Waals surface area (Å²) in [5.41, 5.74) is 7.10. The maximum absolute atomic E-state index is 12.3. The van der Waals surface area contributed by atoms with Gasteiger partial charge in [0.15, 0.2) is 5.13 Å². The van der Waals surface area contributed by atoms with Crippen LogP contribution >= 0.6 is 22.9 Å². The van der Waals surface area contributed by atoms with Gasteiger partial charge >= 0.3 is 0 Å². The molecule has 3 rings (SSSR count). The number of anilines is 2. The average molecular weight is 323 g/mol. The summed E-state index contributed by atoms with van der Waals surface area (Å²) >= 11 is 7.31. The van der Waals surface area contributed by atoms with Crippen molar-refractivity contribution >= 4 is 39.7 Å². The molecule has 1 aromatic carbocycles. The molecule has 1 aliphatic rings. The van der Waals surface area contributed by atoms with Crippen LogP contribution in [0, 0.1) is 0 Å². The number of carbonyl (C=O) groups is 1. The minimum Gasteiger partial charge on any atom is -0.375 e. The summed E-state index contributed by atoms with van der Waals surface area (Å²) in [5.74, 6) is -0.0475. The Morgan fingerprint density at radius 3 is 2.67 bits per heavy atom. The van der Waals surface area contributed by atoms with E-state index in [4.69, 9.17) is 17.3 Å². The van der Waals surface area contributed by atoms with E-state index in [0.29, 0.717) is 23.9 Å². The van der Waals surface area contributed by atoms with Gasteiger partial charge in [-0.1, -0.05) is 17.7 Å². The molecule has 2 N–H and O–H groups in total. The van der Waals surface area contributed by atoms with Crippen molar-refractivity contribution in [1.82, 2.24) is 9.88 Å². The number of piperazine rings is 1. The Balaban J connectivity index is 1.64. The molecule has 1 fully saturated rings. The smallest absolute Gasteiger partial charge is 0.273 e. The molecule has 0 bridgehead atoms. The van der Waals surface area contributed by atoms with E-state index >= 15 is 0 Å². The minimum absolute atomic E-state index is 0.0475. The zero-order valence-electron chi connectivity index (χ0n) is 11.3. The van der Waals surface area contributed by atoms with Gasteiger partial charge in [-0.2, -0.15) is 0 Å². The van der Waals surface area contributed by atoms with Crippen molar-refractivity contribution < 1.29 is 4.79 Å². The Labute approximate surface area is 131 Å². The quantitative estimate of drug-likeness (QED) is 0.922. The van der Waals surface area contributed by atoms with Gasteiger partial charge in [-0.25, -0.2) is 4.98 Å². The number of thiazole rings is 1. The third-order valence-electron chi connectivity index (χ3n) is 3.48. The third-order valence-corrected chi connectivity index (χ3v) is 4.39. The number of nitrogens with zero attached hydrogens (tertiary/aromatic N) is 3. The third kappa shape index (κ3) is 3.11. The lowest BCUT2D eigenvalue weighted by Crippen LogP contribution is -2.48. The second kappa shape index (κ2) is 5.91. The molecule has 21 heavy (non-hydrogen) atoms. The molecule has 2 aromatic rings. The van der Waals surface area contributed by atoms with Gasteiger partial charge in [0.05, 0.1) is 0 Å². The highest BCUT2D eigenvalue weighted by Crippen LogP contribution is 2.21. The Morgan fingerprint density at radius 2 is 2.05 bits per heavy atom. The van der Waals surface area contributed by atoms with Gasteiger partial charge in [0.2, 0.25) is 0 Å². The number of nitrogens with two attached hydrogens (primary N) is 1. The molecule has 110 valence electrons. The second-order valence-electron chi connectivity index (χ2n) is 4.83. The van der Waals surface area contributed by atoms with Crippen LogP contribution in [0.4, 0.5) is 10.8 Å². The largest absolute Gasteiger partial charge is 0.375 e. The standard InChI is InChI=1S/C14H15ClN4OS/c15-10-2-1-3-11(8-10)18-4-6-19(7-5-18)13(20)12-9-21-14(16)17-12/h1-3,8-9H,4-7H2,(H2,16,17). The zero-order chi connectivity index (χ0) is 14.8. The van der Waals surface area contributed by atoms with Gasteiger partial charge < -0.3 is 15.5 Å². The number of nitrogen functional groups attached to an aromatic ring is 1. The molecule has 7 heteroatoms. The molecule has 1 aliphatic heterocycles. The molecule has 0 spiro atoms. The highest BCUT2D eigenvalue weighted by molar-refractivity contribution is 7.13. The molecular weight excluding hydrogens is 308 g/mol. The number of hydrogen-bond donors (Lipinski definition) is 1. The molecular formula is C14H15ClN4OS. The van der Waals surface area contributed by atoms with E-state index in [9.17, 15) is 4.79 Å². The van der Waals surface area contributed by atoms with Crippen LogP contribution in [0.3, 0.4) is 0 Å². The van der Waals surface area contributed by atoms with E-state index < -0.39 is 0 Å². The van der Waals surface area contributed by atoms with E-state index in [1.165, 1.54) is 11.3 Å². The lowest BCUT2D eigenvalue weighted by Gasteiger charge is -2.35. The molecule has 0 aliphatic carbocycles. The van der Waals surface area contributed by atoms with Crippen LogP contribution < -0.4 is 10.6 Å². The van der Waals surface area contributed by atoms with Crippen LogP contribution in [0.2, 0.25) is 5.02 Å². The number of aromatic nitrogens is 1. The fourth-order valence-corrected chi connectivity index (χ4v) is 3.11. The van der Waals surface area contributed by atoms with E-state index in [1.54, 1.807) is 5.38 Å². The summed E-state index contributed by atoms with van der Waals surface area (Å²) in [6.45, 7) is 2.91. The molecule has 0 radical (unpaired) electrons. The van der Waals surface area contributed by atoms with Crippen LogP contribution in [-0.2, 0) is 0 Å². The van der Waals surface area contributed by atoms with Gasteiger partial charge in [0.25, 0.3) is 5.91 Å². The fraction of sp³-hybridized carbons (Fsp3) is 0.286. The highest BCUT2D eigenvalue weighted by Gasteiger charge is 2.23. The first-order chi connectivity index (χ1) is 10.1. The summed E-state index contributed by atoms with van der Waals surface area (Å²) in [4.78, 5) is 20.4. The summed E-state index contributed by atoms with van der Waals surface area (Å²) < 4.78 is 0. The van der Waals surface area contributed by atoms with Crippen molar-refractivity contribution in [2.24, 2.45) is 0 Å².